The van der Waals surface area contributed by atoms with Crippen molar-refractivity contribution >= 4 is 11.9 Å². The van der Waals surface area contributed by atoms with E-state index in [4.69, 9.17) is 10.2 Å². The summed E-state index contributed by atoms with van der Waals surface area (Å²) < 4.78 is 0. The van der Waals surface area contributed by atoms with Crippen molar-refractivity contribution in [2.75, 3.05) is 0 Å². The minimum atomic E-state index is -0.933. The molecule has 0 saturated heterocycles. The zero-order valence-corrected chi connectivity index (χ0v) is 7.90. The topological polar surface area (TPSA) is 74.6 Å². The average molecular weight is 198 g/mol. The highest BCUT2D eigenvalue weighted by Gasteiger charge is 2.33. The van der Waals surface area contributed by atoms with Crippen LogP contribution in [0, 0.1) is 5.41 Å². The minimum absolute atomic E-state index is 0.0875. The van der Waals surface area contributed by atoms with Crippen LogP contribution in [-0.4, -0.2) is 22.2 Å². The third kappa shape index (κ3) is 2.87. The van der Waals surface area contributed by atoms with E-state index >= 15 is 0 Å². The molecule has 0 aliphatic heterocycles. The second kappa shape index (κ2) is 4.26. The van der Waals surface area contributed by atoms with Gasteiger partial charge in [-0.1, -0.05) is 12.2 Å². The summed E-state index contributed by atoms with van der Waals surface area (Å²) >= 11 is 0. The molecule has 1 aliphatic rings. The van der Waals surface area contributed by atoms with Crippen LogP contribution in [0.3, 0.4) is 0 Å². The molecule has 0 fully saturated rings. The van der Waals surface area contributed by atoms with E-state index in [0.717, 1.165) is 12.8 Å². The summed E-state index contributed by atoms with van der Waals surface area (Å²) in [5.74, 6) is -1.87. The van der Waals surface area contributed by atoms with Crippen LogP contribution in [-0.2, 0) is 9.59 Å². The fourth-order valence-corrected chi connectivity index (χ4v) is 1.95. The lowest BCUT2D eigenvalue weighted by Gasteiger charge is -2.30. The molecule has 1 aliphatic carbocycles. The monoisotopic (exact) mass is 198 g/mol. The zero-order valence-electron chi connectivity index (χ0n) is 7.90. The minimum Gasteiger partial charge on any atom is -0.481 e. The Bertz CT molecular complexity index is 251. The molecule has 14 heavy (non-hydrogen) atoms. The first-order valence-electron chi connectivity index (χ1n) is 4.65. The van der Waals surface area contributed by atoms with Crippen molar-refractivity contribution in [3.8, 4) is 0 Å². The fraction of sp³-hybridized carbons (Fsp3) is 0.600. The standard InChI is InChI=1S/C10H14O4/c11-8(12)6-10(7-9(13)14)4-2-1-3-5-10/h2,4H,1,3,5-7H2,(H,11,12)(H,13,14). The van der Waals surface area contributed by atoms with Gasteiger partial charge < -0.3 is 10.2 Å². The summed E-state index contributed by atoms with van der Waals surface area (Å²) in [4.78, 5) is 21.3. The molecule has 2 N–H and O–H groups in total. The molecule has 4 nitrogen and oxygen atoms in total. The van der Waals surface area contributed by atoms with Crippen LogP contribution in [0.15, 0.2) is 12.2 Å². The van der Waals surface area contributed by atoms with Crippen molar-refractivity contribution in [2.45, 2.75) is 32.1 Å². The van der Waals surface area contributed by atoms with Gasteiger partial charge in [0.05, 0.1) is 12.8 Å². The number of carboxylic acid groups (broad SMARTS) is 2. The number of rotatable bonds is 4. The molecule has 78 valence electrons. The van der Waals surface area contributed by atoms with Crippen molar-refractivity contribution in [1.29, 1.82) is 0 Å². The van der Waals surface area contributed by atoms with Crippen LogP contribution in [0.5, 0.6) is 0 Å². The van der Waals surface area contributed by atoms with E-state index in [1.165, 1.54) is 0 Å². The Balaban J connectivity index is 2.77. The molecular formula is C10H14O4. The van der Waals surface area contributed by atoms with E-state index in [9.17, 15) is 9.59 Å². The van der Waals surface area contributed by atoms with Crippen molar-refractivity contribution in [3.63, 3.8) is 0 Å². The third-order valence-corrected chi connectivity index (χ3v) is 2.52. The van der Waals surface area contributed by atoms with Crippen LogP contribution in [0.1, 0.15) is 32.1 Å². The first-order valence-corrected chi connectivity index (χ1v) is 4.65. The zero-order chi connectivity index (χ0) is 10.6. The largest absolute Gasteiger partial charge is 0.481 e. The van der Waals surface area contributed by atoms with E-state index < -0.39 is 17.4 Å². The Morgan fingerprint density at radius 1 is 1.21 bits per heavy atom. The molecule has 0 unspecified atom stereocenters. The molecule has 0 radical (unpaired) electrons. The summed E-state index contributed by atoms with van der Waals surface area (Å²) in [7, 11) is 0. The average Bonchev–Trinajstić information content (AvgIpc) is 2.01. The van der Waals surface area contributed by atoms with Gasteiger partial charge in [0.25, 0.3) is 0 Å². The van der Waals surface area contributed by atoms with Crippen molar-refractivity contribution < 1.29 is 19.8 Å². The van der Waals surface area contributed by atoms with E-state index in [1.807, 2.05) is 6.08 Å². The second-order valence-electron chi connectivity index (χ2n) is 3.80. The van der Waals surface area contributed by atoms with Crippen LogP contribution in [0.25, 0.3) is 0 Å². The Kier molecular flexibility index (Phi) is 3.28. The number of aliphatic carboxylic acids is 2. The number of hydrogen-bond donors (Lipinski definition) is 2. The van der Waals surface area contributed by atoms with Gasteiger partial charge in [0.15, 0.2) is 0 Å². The highest BCUT2D eigenvalue weighted by atomic mass is 16.4. The highest BCUT2D eigenvalue weighted by molar-refractivity contribution is 5.72. The maximum absolute atomic E-state index is 10.6. The molecule has 0 heterocycles. The molecule has 0 aromatic heterocycles. The summed E-state index contributed by atoms with van der Waals surface area (Å²) in [6, 6.07) is 0. The quantitative estimate of drug-likeness (QED) is 0.674. The summed E-state index contributed by atoms with van der Waals surface area (Å²) in [5, 5.41) is 17.4. The lowest BCUT2D eigenvalue weighted by atomic mass is 9.74. The SMILES string of the molecule is O=C(O)CC1(CC(=O)O)C=CCCC1. The maximum atomic E-state index is 10.6. The molecule has 4 heteroatoms. The first kappa shape index (κ1) is 10.8. The molecule has 0 aromatic rings. The Hall–Kier alpha value is -1.32. The molecule has 0 aromatic carbocycles. The van der Waals surface area contributed by atoms with Crippen LogP contribution >= 0.6 is 0 Å². The summed E-state index contributed by atoms with van der Waals surface area (Å²) in [5.41, 5.74) is -0.657. The van der Waals surface area contributed by atoms with Gasteiger partial charge in [-0.25, -0.2) is 0 Å². The molecule has 1 rings (SSSR count). The second-order valence-corrected chi connectivity index (χ2v) is 3.80. The molecule has 0 atom stereocenters. The normalized spacial score (nSPS) is 19.1. The summed E-state index contributed by atoms with van der Waals surface area (Å²) in [6.07, 6.45) is 5.92. The molecule has 0 amide bonds. The Morgan fingerprint density at radius 2 is 1.79 bits per heavy atom. The van der Waals surface area contributed by atoms with Crippen LogP contribution in [0.2, 0.25) is 0 Å². The van der Waals surface area contributed by atoms with Crippen LogP contribution in [0.4, 0.5) is 0 Å². The molecule has 0 saturated carbocycles. The lowest BCUT2D eigenvalue weighted by molar-refractivity contribution is -0.142. The van der Waals surface area contributed by atoms with Gasteiger partial charge in [0.2, 0.25) is 0 Å². The number of carboxylic acids is 2. The Labute approximate surface area is 82.2 Å². The fourth-order valence-electron chi connectivity index (χ4n) is 1.95. The van der Waals surface area contributed by atoms with E-state index in [0.29, 0.717) is 6.42 Å². The highest BCUT2D eigenvalue weighted by Crippen LogP contribution is 2.37. The predicted octanol–water partition coefficient (Wildman–Crippen LogP) is 1.66. The summed E-state index contributed by atoms with van der Waals surface area (Å²) in [6.45, 7) is 0. The molecular weight excluding hydrogens is 184 g/mol. The van der Waals surface area contributed by atoms with Gasteiger partial charge in [-0.3, -0.25) is 9.59 Å². The predicted molar refractivity (Wildman–Crippen MR) is 49.9 cm³/mol. The van der Waals surface area contributed by atoms with Gasteiger partial charge in [-0.15, -0.1) is 0 Å². The van der Waals surface area contributed by atoms with Gasteiger partial charge in [-0.05, 0) is 19.3 Å². The number of hydrogen-bond acceptors (Lipinski definition) is 2. The van der Waals surface area contributed by atoms with E-state index in [1.54, 1.807) is 6.08 Å². The lowest BCUT2D eigenvalue weighted by Crippen LogP contribution is -2.27. The van der Waals surface area contributed by atoms with Gasteiger partial charge in [0.1, 0.15) is 0 Å². The molecule has 0 bridgehead atoms. The third-order valence-electron chi connectivity index (χ3n) is 2.52. The van der Waals surface area contributed by atoms with Crippen molar-refractivity contribution in [1.82, 2.24) is 0 Å². The van der Waals surface area contributed by atoms with Gasteiger partial charge in [-0.2, -0.15) is 0 Å². The smallest absolute Gasteiger partial charge is 0.304 e. The van der Waals surface area contributed by atoms with E-state index in [2.05, 4.69) is 0 Å². The van der Waals surface area contributed by atoms with Crippen molar-refractivity contribution in [3.05, 3.63) is 12.2 Å². The van der Waals surface area contributed by atoms with Gasteiger partial charge >= 0.3 is 11.9 Å². The number of allylic oxidation sites excluding steroid dienone is 2. The molecule has 0 spiro atoms. The van der Waals surface area contributed by atoms with Crippen molar-refractivity contribution in [2.24, 2.45) is 5.41 Å². The van der Waals surface area contributed by atoms with Crippen LogP contribution < -0.4 is 0 Å². The van der Waals surface area contributed by atoms with E-state index in [-0.39, 0.29) is 12.8 Å². The Morgan fingerprint density at radius 3 is 2.14 bits per heavy atom. The maximum Gasteiger partial charge on any atom is 0.304 e. The first-order chi connectivity index (χ1) is 6.54. The van der Waals surface area contributed by atoms with Gasteiger partial charge in [0, 0.05) is 5.41 Å². The number of carbonyl (C=O) groups is 2.